The lowest BCUT2D eigenvalue weighted by atomic mass is 9.95. The third kappa shape index (κ3) is 3.41. The molecule has 0 saturated carbocycles. The Kier molecular flexibility index (Phi) is 5.01. The van der Waals surface area contributed by atoms with E-state index >= 15 is 0 Å². The van der Waals surface area contributed by atoms with Gasteiger partial charge in [-0.1, -0.05) is 47.7 Å². The first kappa shape index (κ1) is 22.2. The van der Waals surface area contributed by atoms with Crippen molar-refractivity contribution in [2.75, 3.05) is 4.90 Å². The molecule has 5 aromatic rings. The van der Waals surface area contributed by atoms with E-state index < -0.39 is 29.3 Å². The molecule has 178 valence electrons. The zero-order valence-corrected chi connectivity index (χ0v) is 20.1. The largest absolute Gasteiger partial charge is 0.503 e. The zero-order valence-electron chi connectivity index (χ0n) is 19.3. The van der Waals surface area contributed by atoms with E-state index in [1.807, 2.05) is 32.0 Å². The number of benzene rings is 3. The number of ketones is 1. The Hall–Kier alpha value is -4.30. The lowest BCUT2D eigenvalue weighted by Crippen LogP contribution is -2.31. The molecule has 0 fully saturated rings. The van der Waals surface area contributed by atoms with E-state index in [4.69, 9.17) is 9.40 Å². The van der Waals surface area contributed by atoms with Crippen LogP contribution in [0, 0.1) is 19.7 Å². The number of anilines is 1. The van der Waals surface area contributed by atoms with Gasteiger partial charge in [-0.25, -0.2) is 9.37 Å². The molecule has 1 N–H and O–H groups in total. The van der Waals surface area contributed by atoms with Crippen LogP contribution in [0.5, 0.6) is 0 Å². The molecule has 6 nitrogen and oxygen atoms in total. The highest BCUT2D eigenvalue weighted by molar-refractivity contribution is 7.22. The van der Waals surface area contributed by atoms with Gasteiger partial charge in [0, 0.05) is 5.39 Å². The van der Waals surface area contributed by atoms with Crippen LogP contribution in [0.1, 0.15) is 33.3 Å². The number of aliphatic hydroxyl groups is 1. The third-order valence-electron chi connectivity index (χ3n) is 6.31. The fourth-order valence-electron chi connectivity index (χ4n) is 4.68. The second-order valence-corrected chi connectivity index (χ2v) is 9.80. The van der Waals surface area contributed by atoms with Gasteiger partial charge >= 0.3 is 0 Å². The Morgan fingerprint density at radius 3 is 2.58 bits per heavy atom. The molecule has 1 aliphatic heterocycles. The summed E-state index contributed by atoms with van der Waals surface area (Å²) in [5, 5.41) is 12.0. The maximum Gasteiger partial charge on any atom is 0.296 e. The van der Waals surface area contributed by atoms with Gasteiger partial charge in [0.15, 0.2) is 16.7 Å². The summed E-state index contributed by atoms with van der Waals surface area (Å²) in [5.41, 5.74) is 3.58. The molecule has 1 atom stereocenters. The maximum atomic E-state index is 13.8. The maximum absolute atomic E-state index is 13.8. The molecule has 1 amide bonds. The summed E-state index contributed by atoms with van der Waals surface area (Å²) in [6.07, 6.45) is 0. The molecule has 3 aromatic carbocycles. The molecule has 0 bridgehead atoms. The number of rotatable bonds is 4. The van der Waals surface area contributed by atoms with E-state index in [0.717, 1.165) is 26.7 Å². The van der Waals surface area contributed by atoms with Crippen LogP contribution in [0.15, 0.2) is 82.5 Å². The Morgan fingerprint density at radius 2 is 1.83 bits per heavy atom. The number of para-hydroxylation sites is 1. The van der Waals surface area contributed by atoms with E-state index in [9.17, 15) is 19.1 Å². The topological polar surface area (TPSA) is 83.6 Å². The first-order chi connectivity index (χ1) is 17.3. The van der Waals surface area contributed by atoms with Crippen LogP contribution in [-0.2, 0) is 4.79 Å². The molecular weight excluding hydrogens is 479 g/mol. The van der Waals surface area contributed by atoms with E-state index in [0.29, 0.717) is 16.3 Å². The van der Waals surface area contributed by atoms with Gasteiger partial charge in [0.05, 0.1) is 21.8 Å². The van der Waals surface area contributed by atoms with Crippen molar-refractivity contribution in [2.24, 2.45) is 0 Å². The summed E-state index contributed by atoms with van der Waals surface area (Å²) in [6, 6.07) is 17.2. The number of furan rings is 1. The first-order valence-electron chi connectivity index (χ1n) is 11.2. The smallest absolute Gasteiger partial charge is 0.296 e. The Morgan fingerprint density at radius 1 is 1.08 bits per heavy atom. The van der Waals surface area contributed by atoms with Crippen molar-refractivity contribution in [3.05, 3.63) is 106 Å². The second kappa shape index (κ2) is 8.13. The molecule has 6 rings (SSSR count). The van der Waals surface area contributed by atoms with Crippen molar-refractivity contribution in [3.63, 3.8) is 0 Å². The summed E-state index contributed by atoms with van der Waals surface area (Å²) >= 11 is 1.29. The molecule has 2 aromatic heterocycles. The van der Waals surface area contributed by atoms with Crippen molar-refractivity contribution in [1.29, 1.82) is 0 Å². The van der Waals surface area contributed by atoms with Gasteiger partial charge in [0.1, 0.15) is 11.4 Å². The molecule has 1 unspecified atom stereocenters. The Labute approximate surface area is 208 Å². The minimum absolute atomic E-state index is 0.00437. The molecule has 0 saturated heterocycles. The van der Waals surface area contributed by atoms with Gasteiger partial charge in [-0.2, -0.15) is 0 Å². The summed E-state index contributed by atoms with van der Waals surface area (Å²) in [4.78, 5) is 33.1. The second-order valence-electron chi connectivity index (χ2n) is 8.79. The van der Waals surface area contributed by atoms with Crippen molar-refractivity contribution >= 4 is 49.3 Å². The fraction of sp³-hybridized carbons (Fsp3) is 0.107. The standard InChI is InChI=1S/C28H19FN2O4S/c1-14-11-15(2)23-21(12-14)36-28(30-23)31-24(16-7-9-18(29)10-8-16)22(26(33)27(31)34)25(32)20-13-17-5-3-4-6-19(17)35-20/h3-13,24,33H,1-2H3. The van der Waals surface area contributed by atoms with Crippen LogP contribution in [0.3, 0.4) is 0 Å². The number of Topliss-reactive ketones (excluding diaryl/α,β-unsaturated/α-hetero) is 1. The summed E-state index contributed by atoms with van der Waals surface area (Å²) in [6.45, 7) is 3.92. The van der Waals surface area contributed by atoms with E-state index in [1.54, 1.807) is 24.3 Å². The number of carbonyl (C=O) groups is 2. The minimum atomic E-state index is -1.01. The number of thiazole rings is 1. The molecule has 0 radical (unpaired) electrons. The lowest BCUT2D eigenvalue weighted by molar-refractivity contribution is -0.117. The van der Waals surface area contributed by atoms with Gasteiger partial charge in [-0.05, 0) is 60.9 Å². The third-order valence-corrected chi connectivity index (χ3v) is 7.31. The summed E-state index contributed by atoms with van der Waals surface area (Å²) in [7, 11) is 0. The van der Waals surface area contributed by atoms with Crippen molar-refractivity contribution < 1.29 is 23.5 Å². The molecular formula is C28H19FN2O4S. The highest BCUT2D eigenvalue weighted by Crippen LogP contribution is 2.45. The van der Waals surface area contributed by atoms with Gasteiger partial charge in [-0.3, -0.25) is 14.5 Å². The molecule has 1 aliphatic rings. The number of carbonyl (C=O) groups excluding carboxylic acids is 2. The van der Waals surface area contributed by atoms with Crippen LogP contribution in [0.4, 0.5) is 9.52 Å². The molecule has 0 aliphatic carbocycles. The van der Waals surface area contributed by atoms with Gasteiger partial charge in [0.2, 0.25) is 5.78 Å². The van der Waals surface area contributed by atoms with Crippen molar-refractivity contribution in [3.8, 4) is 0 Å². The van der Waals surface area contributed by atoms with E-state index in [2.05, 4.69) is 0 Å². The van der Waals surface area contributed by atoms with Crippen molar-refractivity contribution in [1.82, 2.24) is 4.98 Å². The van der Waals surface area contributed by atoms with Crippen LogP contribution in [0.25, 0.3) is 21.2 Å². The number of hydrogen-bond donors (Lipinski definition) is 1. The van der Waals surface area contributed by atoms with Crippen LogP contribution in [-0.4, -0.2) is 21.8 Å². The van der Waals surface area contributed by atoms with E-state index in [-0.39, 0.29) is 11.3 Å². The van der Waals surface area contributed by atoms with Gasteiger partial charge < -0.3 is 9.52 Å². The van der Waals surface area contributed by atoms with Crippen LogP contribution >= 0.6 is 11.3 Å². The SMILES string of the molecule is Cc1cc(C)c2nc(N3C(=O)C(O)=C(C(=O)c4cc5ccccc5o4)C3c3ccc(F)cc3)sc2c1. The molecule has 0 spiro atoms. The number of hydrogen-bond acceptors (Lipinski definition) is 6. The molecule has 8 heteroatoms. The Balaban J connectivity index is 1.52. The average Bonchev–Trinajstić information content (AvgIpc) is 3.54. The predicted molar refractivity (Wildman–Crippen MR) is 136 cm³/mol. The molecule has 3 heterocycles. The van der Waals surface area contributed by atoms with E-state index in [1.165, 1.54) is 40.5 Å². The number of nitrogens with zero attached hydrogens (tertiary/aromatic N) is 2. The number of aromatic nitrogens is 1. The van der Waals surface area contributed by atoms with Crippen LogP contribution < -0.4 is 4.90 Å². The quantitative estimate of drug-likeness (QED) is 0.283. The fourth-order valence-corrected chi connectivity index (χ4v) is 5.85. The number of halogens is 1. The number of fused-ring (bicyclic) bond motifs is 2. The predicted octanol–water partition coefficient (Wildman–Crippen LogP) is 6.58. The molecule has 36 heavy (non-hydrogen) atoms. The van der Waals surface area contributed by atoms with Crippen LogP contribution in [0.2, 0.25) is 0 Å². The van der Waals surface area contributed by atoms with Crippen molar-refractivity contribution in [2.45, 2.75) is 19.9 Å². The average molecular weight is 499 g/mol. The zero-order chi connectivity index (χ0) is 25.1. The monoisotopic (exact) mass is 498 g/mol. The van der Waals surface area contributed by atoms with Gasteiger partial charge in [-0.15, -0.1) is 0 Å². The normalized spacial score (nSPS) is 16.0. The minimum Gasteiger partial charge on any atom is -0.503 e. The number of aryl methyl sites for hydroxylation is 2. The number of aliphatic hydroxyl groups excluding tert-OH is 1. The highest BCUT2D eigenvalue weighted by Gasteiger charge is 2.46. The summed E-state index contributed by atoms with van der Waals surface area (Å²) < 4.78 is 20.4. The van der Waals surface area contributed by atoms with Gasteiger partial charge in [0.25, 0.3) is 5.91 Å². The Bertz CT molecular complexity index is 1700. The first-order valence-corrected chi connectivity index (χ1v) is 12.1. The number of amides is 1. The summed E-state index contributed by atoms with van der Waals surface area (Å²) in [5.74, 6) is -2.52. The lowest BCUT2D eigenvalue weighted by Gasteiger charge is -2.24. The highest BCUT2D eigenvalue weighted by atomic mass is 32.1.